The minimum Gasteiger partial charge on any atom is -0.507 e. The van der Waals surface area contributed by atoms with Crippen LogP contribution in [-0.2, 0) is 0 Å². The Morgan fingerprint density at radius 3 is 2.67 bits per heavy atom. The van der Waals surface area contributed by atoms with Gasteiger partial charge in [0.15, 0.2) is 5.78 Å². The van der Waals surface area contributed by atoms with Crippen molar-refractivity contribution in [2.24, 2.45) is 0 Å². The molecule has 64 valence electrons. The van der Waals surface area contributed by atoms with Crippen LogP contribution >= 0.6 is 31.9 Å². The van der Waals surface area contributed by atoms with Crippen LogP contribution in [0.4, 0.5) is 0 Å². The average molecular weight is 294 g/mol. The molecule has 0 heterocycles. The van der Waals surface area contributed by atoms with E-state index in [4.69, 9.17) is 0 Å². The number of phenolic OH excluding ortho intramolecular Hbond substituents is 1. The van der Waals surface area contributed by atoms with Crippen molar-refractivity contribution >= 4 is 37.6 Å². The lowest BCUT2D eigenvalue weighted by Gasteiger charge is -2.02. The number of carbonyl (C=O) groups excluding carboxylic acids is 1. The van der Waals surface area contributed by atoms with Gasteiger partial charge >= 0.3 is 0 Å². The van der Waals surface area contributed by atoms with Crippen molar-refractivity contribution in [1.29, 1.82) is 0 Å². The maximum absolute atomic E-state index is 11.2. The number of ketones is 1. The normalized spacial score (nSPS) is 9.83. The third kappa shape index (κ3) is 1.87. The molecule has 0 saturated heterocycles. The van der Waals surface area contributed by atoms with Crippen molar-refractivity contribution in [3.8, 4) is 5.75 Å². The largest absolute Gasteiger partial charge is 0.507 e. The Morgan fingerprint density at radius 2 is 2.17 bits per heavy atom. The molecule has 0 aromatic heterocycles. The fraction of sp³-hybridized carbons (Fsp3) is 0.125. The molecule has 1 aromatic rings. The lowest BCUT2D eigenvalue weighted by atomic mass is 10.1. The summed E-state index contributed by atoms with van der Waals surface area (Å²) in [5, 5.41) is 9.53. The quantitative estimate of drug-likeness (QED) is 0.672. The maximum atomic E-state index is 11.2. The first-order chi connectivity index (χ1) is 5.66. The molecule has 0 saturated carbocycles. The van der Waals surface area contributed by atoms with Crippen molar-refractivity contribution in [1.82, 2.24) is 0 Å². The van der Waals surface area contributed by atoms with Gasteiger partial charge < -0.3 is 5.11 Å². The summed E-state index contributed by atoms with van der Waals surface area (Å²) in [5.74, 6) is -0.131. The molecule has 1 aromatic carbocycles. The summed E-state index contributed by atoms with van der Waals surface area (Å²) in [4.78, 5) is 11.2. The SMILES string of the molecule is O=C(CBr)c1c(O)cccc1Br. The Balaban J connectivity index is 3.21. The number of hydrogen-bond donors (Lipinski definition) is 1. The average Bonchev–Trinajstić information content (AvgIpc) is 2.03. The molecular weight excluding hydrogens is 288 g/mol. The minimum atomic E-state index is -0.139. The smallest absolute Gasteiger partial charge is 0.178 e. The summed E-state index contributed by atoms with van der Waals surface area (Å²) in [6, 6.07) is 4.88. The zero-order chi connectivity index (χ0) is 9.14. The maximum Gasteiger partial charge on any atom is 0.178 e. The molecule has 1 N–H and O–H groups in total. The van der Waals surface area contributed by atoms with E-state index in [0.717, 1.165) is 0 Å². The van der Waals surface area contributed by atoms with Crippen LogP contribution in [0.25, 0.3) is 0 Å². The van der Waals surface area contributed by atoms with Crippen molar-refractivity contribution in [2.45, 2.75) is 0 Å². The van der Waals surface area contributed by atoms with E-state index in [1.54, 1.807) is 12.1 Å². The fourth-order valence-electron chi connectivity index (χ4n) is 0.856. The first-order valence-corrected chi connectivity index (χ1v) is 5.15. The molecule has 0 radical (unpaired) electrons. The molecule has 0 aliphatic heterocycles. The molecule has 0 amide bonds. The number of halogens is 2. The van der Waals surface area contributed by atoms with Gasteiger partial charge in [0.25, 0.3) is 0 Å². The molecule has 12 heavy (non-hydrogen) atoms. The molecule has 0 spiro atoms. The summed E-state index contributed by atoms with van der Waals surface area (Å²) in [6.45, 7) is 0. The van der Waals surface area contributed by atoms with E-state index in [2.05, 4.69) is 31.9 Å². The second-order valence-corrected chi connectivity index (χ2v) is 3.61. The predicted octanol–water partition coefficient (Wildman–Crippen LogP) is 2.73. The van der Waals surface area contributed by atoms with Crippen LogP contribution in [0.2, 0.25) is 0 Å². The van der Waals surface area contributed by atoms with Crippen LogP contribution in [0.1, 0.15) is 10.4 Å². The molecule has 0 fully saturated rings. The van der Waals surface area contributed by atoms with Crippen LogP contribution in [0.5, 0.6) is 5.75 Å². The van der Waals surface area contributed by atoms with Gasteiger partial charge in [-0.25, -0.2) is 0 Å². The van der Waals surface area contributed by atoms with Crippen molar-refractivity contribution in [3.05, 3.63) is 28.2 Å². The van der Waals surface area contributed by atoms with Gasteiger partial charge in [0.2, 0.25) is 0 Å². The molecule has 0 bridgehead atoms. The summed E-state index contributed by atoms with van der Waals surface area (Å²) >= 11 is 6.23. The lowest BCUT2D eigenvalue weighted by molar-refractivity contribution is 0.102. The van der Waals surface area contributed by atoms with Crippen LogP contribution in [0.15, 0.2) is 22.7 Å². The minimum absolute atomic E-state index is 0.00817. The number of Topliss-reactive ketones (excluding diaryl/α,β-unsaturated/α-hetero) is 1. The van der Waals surface area contributed by atoms with Crippen LogP contribution in [0.3, 0.4) is 0 Å². The fourth-order valence-corrected chi connectivity index (χ4v) is 1.71. The number of aromatic hydroxyl groups is 1. The van der Waals surface area contributed by atoms with E-state index in [1.165, 1.54) is 6.07 Å². The highest BCUT2D eigenvalue weighted by Crippen LogP contribution is 2.26. The molecule has 0 unspecified atom stereocenters. The summed E-state index contributed by atoms with van der Waals surface area (Å²) in [5.41, 5.74) is 0.328. The number of carbonyl (C=O) groups is 1. The second kappa shape index (κ2) is 4.05. The lowest BCUT2D eigenvalue weighted by Crippen LogP contribution is -2.01. The molecule has 0 atom stereocenters. The molecule has 4 heteroatoms. The van der Waals surface area contributed by atoms with Crippen LogP contribution in [0, 0.1) is 0 Å². The topological polar surface area (TPSA) is 37.3 Å². The van der Waals surface area contributed by atoms with Gasteiger partial charge in [-0.15, -0.1) is 0 Å². The van der Waals surface area contributed by atoms with Gasteiger partial charge in [0.05, 0.1) is 10.9 Å². The van der Waals surface area contributed by atoms with Crippen LogP contribution < -0.4 is 0 Å². The van der Waals surface area contributed by atoms with Crippen LogP contribution in [-0.4, -0.2) is 16.2 Å². The Labute approximate surface area is 86.9 Å². The Hall–Kier alpha value is -0.350. The number of phenols is 1. The third-order valence-electron chi connectivity index (χ3n) is 1.39. The monoisotopic (exact) mass is 292 g/mol. The van der Waals surface area contributed by atoms with Gasteiger partial charge in [0, 0.05) is 4.47 Å². The Kier molecular flexibility index (Phi) is 3.29. The van der Waals surface area contributed by atoms with Crippen molar-refractivity contribution < 1.29 is 9.90 Å². The number of rotatable bonds is 2. The van der Waals surface area contributed by atoms with E-state index < -0.39 is 0 Å². The third-order valence-corrected chi connectivity index (χ3v) is 2.56. The van der Waals surface area contributed by atoms with E-state index in [-0.39, 0.29) is 16.9 Å². The van der Waals surface area contributed by atoms with Gasteiger partial charge in [-0.3, -0.25) is 4.79 Å². The van der Waals surface area contributed by atoms with E-state index in [9.17, 15) is 9.90 Å². The van der Waals surface area contributed by atoms with E-state index >= 15 is 0 Å². The Morgan fingerprint density at radius 1 is 1.50 bits per heavy atom. The highest BCUT2D eigenvalue weighted by atomic mass is 79.9. The molecule has 1 rings (SSSR count). The van der Waals surface area contributed by atoms with Gasteiger partial charge in [0.1, 0.15) is 5.75 Å². The highest BCUT2D eigenvalue weighted by Gasteiger charge is 2.12. The highest BCUT2D eigenvalue weighted by molar-refractivity contribution is 9.10. The van der Waals surface area contributed by atoms with E-state index in [1.807, 2.05) is 0 Å². The standard InChI is InChI=1S/C8H6Br2O2/c9-4-7(12)8-5(10)2-1-3-6(8)11/h1-3,11H,4H2. The Bertz CT molecular complexity index is 290. The van der Waals surface area contributed by atoms with Gasteiger partial charge in [-0.2, -0.15) is 0 Å². The first-order valence-electron chi connectivity index (χ1n) is 3.23. The van der Waals surface area contributed by atoms with Crippen molar-refractivity contribution in [3.63, 3.8) is 0 Å². The number of hydrogen-bond acceptors (Lipinski definition) is 2. The van der Waals surface area contributed by atoms with Gasteiger partial charge in [-0.05, 0) is 28.1 Å². The summed E-state index contributed by atoms with van der Waals surface area (Å²) < 4.78 is 0.618. The second-order valence-electron chi connectivity index (χ2n) is 2.19. The molecule has 0 aliphatic carbocycles. The zero-order valence-electron chi connectivity index (χ0n) is 6.05. The zero-order valence-corrected chi connectivity index (χ0v) is 9.22. The van der Waals surface area contributed by atoms with Gasteiger partial charge in [-0.1, -0.05) is 22.0 Å². The molecular formula is C8H6Br2O2. The van der Waals surface area contributed by atoms with E-state index in [0.29, 0.717) is 10.0 Å². The number of benzene rings is 1. The number of alkyl halides is 1. The molecule has 0 aliphatic rings. The summed E-state index contributed by atoms with van der Waals surface area (Å²) in [6.07, 6.45) is 0. The van der Waals surface area contributed by atoms with Crippen molar-refractivity contribution in [2.75, 3.05) is 5.33 Å². The molecule has 2 nitrogen and oxygen atoms in total. The summed E-state index contributed by atoms with van der Waals surface area (Å²) in [7, 11) is 0. The first kappa shape index (κ1) is 9.74. The predicted molar refractivity (Wildman–Crippen MR) is 53.9 cm³/mol.